The predicted octanol–water partition coefficient (Wildman–Crippen LogP) is 4.50. The third-order valence-corrected chi connectivity index (χ3v) is 7.24. The molecule has 1 N–H and O–H groups in total. The average Bonchev–Trinajstić information content (AvgIpc) is 3.36. The van der Waals surface area contributed by atoms with Gasteiger partial charge >= 0.3 is 6.03 Å². The number of hydrogen-bond acceptors (Lipinski definition) is 5. The fourth-order valence-corrected chi connectivity index (χ4v) is 5.72. The number of nitrogens with one attached hydrogen (secondary N) is 1. The minimum Gasteiger partial charge on any atom is -0.324 e. The first kappa shape index (κ1) is 21.2. The summed E-state index contributed by atoms with van der Waals surface area (Å²) in [5.74, 6) is -0.604. The molecule has 2 aliphatic heterocycles. The summed E-state index contributed by atoms with van der Waals surface area (Å²) in [7, 11) is 0. The number of rotatable bonds is 6. The molecule has 2 aliphatic rings. The van der Waals surface area contributed by atoms with Crippen molar-refractivity contribution >= 4 is 69.8 Å². The van der Waals surface area contributed by atoms with Crippen LogP contribution >= 0.6 is 46.3 Å². The molecule has 2 atom stereocenters. The van der Waals surface area contributed by atoms with Gasteiger partial charge < -0.3 is 10.2 Å². The summed E-state index contributed by atoms with van der Waals surface area (Å²) in [6, 6.07) is 7.73. The molecule has 1 aromatic carbocycles. The topological polar surface area (TPSA) is 69.7 Å². The highest BCUT2D eigenvalue weighted by atomic mass is 35.5. The molecular formula is C20H17Cl2N3O3S2. The minimum atomic E-state index is -0.454. The number of carbonyl (C=O) groups is 3. The Morgan fingerprint density at radius 1 is 1.17 bits per heavy atom. The Morgan fingerprint density at radius 2 is 1.93 bits per heavy atom. The number of halogens is 2. The number of nitrogens with zero attached hydrogens (tertiary/aromatic N) is 2. The van der Waals surface area contributed by atoms with Gasteiger partial charge in [0.2, 0.25) is 11.8 Å². The number of urea groups is 1. The highest BCUT2D eigenvalue weighted by Crippen LogP contribution is 2.34. The van der Waals surface area contributed by atoms with Gasteiger partial charge in [-0.1, -0.05) is 35.3 Å². The van der Waals surface area contributed by atoms with Gasteiger partial charge in [0.15, 0.2) is 0 Å². The summed E-state index contributed by atoms with van der Waals surface area (Å²) in [5, 5.41) is 6.85. The second kappa shape index (κ2) is 9.01. The fourth-order valence-electron chi connectivity index (χ4n) is 3.43. The molecule has 1 aromatic heterocycles. The maximum atomic E-state index is 13.1. The molecule has 3 heterocycles. The van der Waals surface area contributed by atoms with Crippen LogP contribution in [0.1, 0.15) is 4.88 Å². The van der Waals surface area contributed by atoms with Gasteiger partial charge in [0.05, 0.1) is 6.04 Å². The zero-order valence-electron chi connectivity index (χ0n) is 15.6. The van der Waals surface area contributed by atoms with Crippen molar-refractivity contribution in [2.45, 2.75) is 17.7 Å². The van der Waals surface area contributed by atoms with E-state index in [1.54, 1.807) is 35.6 Å². The molecule has 1 saturated heterocycles. The second-order valence-electron chi connectivity index (χ2n) is 6.81. The summed E-state index contributed by atoms with van der Waals surface area (Å²) < 4.78 is 0. The number of imide groups is 1. The van der Waals surface area contributed by atoms with Gasteiger partial charge in [-0.05, 0) is 41.5 Å². The quantitative estimate of drug-likeness (QED) is 0.659. The van der Waals surface area contributed by atoms with Crippen LogP contribution in [0.25, 0.3) is 0 Å². The third kappa shape index (κ3) is 4.51. The van der Waals surface area contributed by atoms with E-state index < -0.39 is 23.2 Å². The molecule has 30 heavy (non-hydrogen) atoms. The molecule has 2 aromatic rings. The first-order valence-corrected chi connectivity index (χ1v) is 11.7. The number of thioether (sulfide) groups is 1. The third-order valence-electron chi connectivity index (χ3n) is 4.78. The second-order valence-corrected chi connectivity index (χ2v) is 9.77. The molecule has 0 saturated carbocycles. The fraction of sp³-hybridized carbons (Fsp3) is 0.250. The first-order valence-electron chi connectivity index (χ1n) is 9.15. The van der Waals surface area contributed by atoms with Gasteiger partial charge in [0.1, 0.15) is 11.8 Å². The van der Waals surface area contributed by atoms with E-state index in [-0.39, 0.29) is 19.0 Å². The lowest BCUT2D eigenvalue weighted by Crippen LogP contribution is -2.63. The van der Waals surface area contributed by atoms with Crippen LogP contribution in [0.3, 0.4) is 0 Å². The van der Waals surface area contributed by atoms with Crippen molar-refractivity contribution in [3.63, 3.8) is 0 Å². The van der Waals surface area contributed by atoms with Crippen LogP contribution in [0.4, 0.5) is 10.5 Å². The highest BCUT2D eigenvalue weighted by Gasteiger charge is 2.47. The summed E-state index contributed by atoms with van der Waals surface area (Å²) >= 11 is 14.9. The van der Waals surface area contributed by atoms with Gasteiger partial charge in [-0.2, -0.15) is 0 Å². The van der Waals surface area contributed by atoms with Crippen LogP contribution in [-0.2, 0) is 16.0 Å². The average molecular weight is 482 g/mol. The first-order chi connectivity index (χ1) is 14.4. The number of benzene rings is 1. The summed E-state index contributed by atoms with van der Waals surface area (Å²) in [5.41, 5.74) is 0.445. The predicted molar refractivity (Wildman–Crippen MR) is 121 cm³/mol. The van der Waals surface area contributed by atoms with E-state index >= 15 is 0 Å². The lowest BCUT2D eigenvalue weighted by molar-refractivity contribution is -0.132. The Balaban J connectivity index is 1.48. The molecule has 0 bridgehead atoms. The molecule has 10 heteroatoms. The van der Waals surface area contributed by atoms with Gasteiger partial charge in [0.25, 0.3) is 0 Å². The largest absolute Gasteiger partial charge is 0.327 e. The molecule has 156 valence electrons. The molecule has 4 amide bonds. The van der Waals surface area contributed by atoms with Crippen molar-refractivity contribution < 1.29 is 14.4 Å². The maximum Gasteiger partial charge on any atom is 0.327 e. The van der Waals surface area contributed by atoms with E-state index in [9.17, 15) is 14.4 Å². The summed E-state index contributed by atoms with van der Waals surface area (Å²) in [4.78, 5) is 42.4. The number of amides is 4. The van der Waals surface area contributed by atoms with Crippen molar-refractivity contribution in [1.82, 2.24) is 9.80 Å². The van der Waals surface area contributed by atoms with Crippen molar-refractivity contribution in [1.29, 1.82) is 0 Å². The Kier molecular flexibility index (Phi) is 6.38. The van der Waals surface area contributed by atoms with Gasteiger partial charge in [-0.25, -0.2) is 4.79 Å². The highest BCUT2D eigenvalue weighted by molar-refractivity contribution is 8.03. The Hall–Kier alpha value is -2.00. The number of fused-ring (bicyclic) bond motifs is 1. The van der Waals surface area contributed by atoms with E-state index in [4.69, 9.17) is 23.2 Å². The Bertz CT molecular complexity index is 992. The standard InChI is InChI=1S/C20H17Cl2N3O3S2/c21-12-8-13(22)10-14(9-12)23-17(26)11-25-16-4-7-30-18(16)19(27)24(20(25)28)5-3-15-2-1-6-29-15/h1-2,4,6-10,16,18H,3,5,11H2,(H,23,26). The SMILES string of the molecule is O=C(CN1C(=O)N(CCc2cccs2)C(=O)C2SC=CC21)Nc1cc(Cl)cc(Cl)c1. The zero-order valence-corrected chi connectivity index (χ0v) is 18.7. The number of anilines is 1. The smallest absolute Gasteiger partial charge is 0.324 e. The molecule has 0 spiro atoms. The van der Waals surface area contributed by atoms with Gasteiger partial charge in [-0.3, -0.25) is 14.5 Å². The number of thiophene rings is 1. The molecule has 0 radical (unpaired) electrons. The van der Waals surface area contributed by atoms with Crippen LogP contribution in [0.5, 0.6) is 0 Å². The van der Waals surface area contributed by atoms with Crippen LogP contribution in [0.2, 0.25) is 10.0 Å². The van der Waals surface area contributed by atoms with E-state index in [0.717, 1.165) is 4.88 Å². The van der Waals surface area contributed by atoms with E-state index in [1.807, 2.05) is 22.9 Å². The summed E-state index contributed by atoms with van der Waals surface area (Å²) in [6.07, 6.45) is 2.39. The molecular weight excluding hydrogens is 465 g/mol. The normalized spacial score (nSPS) is 20.6. The van der Waals surface area contributed by atoms with E-state index in [2.05, 4.69) is 5.32 Å². The Morgan fingerprint density at radius 3 is 2.63 bits per heavy atom. The molecule has 2 unspecified atom stereocenters. The molecule has 4 rings (SSSR count). The Labute approximate surface area is 191 Å². The van der Waals surface area contributed by atoms with Gasteiger partial charge in [0, 0.05) is 27.2 Å². The van der Waals surface area contributed by atoms with Crippen molar-refractivity contribution in [2.24, 2.45) is 0 Å². The molecule has 1 fully saturated rings. The van der Waals surface area contributed by atoms with Crippen molar-refractivity contribution in [3.8, 4) is 0 Å². The van der Waals surface area contributed by atoms with Crippen molar-refractivity contribution in [2.75, 3.05) is 18.4 Å². The monoisotopic (exact) mass is 481 g/mol. The lowest BCUT2D eigenvalue weighted by Gasteiger charge is -2.40. The van der Waals surface area contributed by atoms with Crippen molar-refractivity contribution in [3.05, 3.63) is 62.1 Å². The van der Waals surface area contributed by atoms with Crippen LogP contribution in [0.15, 0.2) is 47.2 Å². The molecule has 6 nitrogen and oxygen atoms in total. The van der Waals surface area contributed by atoms with Gasteiger partial charge in [-0.15, -0.1) is 23.1 Å². The number of hydrogen-bond donors (Lipinski definition) is 1. The molecule has 0 aliphatic carbocycles. The van der Waals surface area contributed by atoms with Crippen LogP contribution in [0, 0.1) is 0 Å². The lowest BCUT2D eigenvalue weighted by atomic mass is 10.1. The number of carbonyl (C=O) groups excluding carboxylic acids is 3. The van der Waals surface area contributed by atoms with Crippen LogP contribution < -0.4 is 5.32 Å². The van der Waals surface area contributed by atoms with E-state index in [0.29, 0.717) is 22.2 Å². The summed E-state index contributed by atoms with van der Waals surface area (Å²) in [6.45, 7) is 0.0990. The van der Waals surface area contributed by atoms with E-state index in [1.165, 1.54) is 21.6 Å². The zero-order chi connectivity index (χ0) is 21.3. The minimum absolute atomic E-state index is 0.183. The maximum absolute atomic E-state index is 13.1. The van der Waals surface area contributed by atoms with Crippen LogP contribution in [-0.4, -0.2) is 52.0 Å².